The van der Waals surface area contributed by atoms with Gasteiger partial charge in [0.05, 0.1) is 18.2 Å². The molecule has 2 aliphatic rings. The lowest BCUT2D eigenvalue weighted by Crippen LogP contribution is -2.44. The summed E-state index contributed by atoms with van der Waals surface area (Å²) in [5, 5.41) is 15.3. The summed E-state index contributed by atoms with van der Waals surface area (Å²) in [6.45, 7) is 9.23. The number of hydrogen-bond acceptors (Lipinski definition) is 10. The number of esters is 2. The molecule has 55 heavy (non-hydrogen) atoms. The Hall–Kier alpha value is -4.07. The Labute approximate surface area is 326 Å². The minimum absolute atomic E-state index is 0.0149. The van der Waals surface area contributed by atoms with E-state index < -0.39 is 59.5 Å². The van der Waals surface area contributed by atoms with Crippen molar-refractivity contribution < 1.29 is 48.0 Å². The Balaban J connectivity index is 1.71. The van der Waals surface area contributed by atoms with Crippen LogP contribution in [0.15, 0.2) is 42.0 Å². The third-order valence-corrected chi connectivity index (χ3v) is 9.40. The van der Waals surface area contributed by atoms with Gasteiger partial charge in [0, 0.05) is 64.4 Å². The number of likely N-dealkylation sites (N-methyl/N-ethyl adjacent to an activating group) is 1. The Morgan fingerprint density at radius 2 is 1.64 bits per heavy atom. The first-order valence-corrected chi connectivity index (χ1v) is 19.8. The molecule has 0 aromatic heterocycles. The summed E-state index contributed by atoms with van der Waals surface area (Å²) in [5.74, 6) is -2.84. The van der Waals surface area contributed by atoms with Gasteiger partial charge in [-0.05, 0) is 69.9 Å². The van der Waals surface area contributed by atoms with Crippen LogP contribution in [0.4, 0.5) is 0 Å². The summed E-state index contributed by atoms with van der Waals surface area (Å²) in [5.41, 5.74) is 0.775. The molecule has 1 heterocycles. The molecule has 4 unspecified atom stereocenters. The molecule has 1 aromatic carbocycles. The molecule has 0 bridgehead atoms. The largest absolute Gasteiger partial charge is 0.460 e. The lowest BCUT2D eigenvalue weighted by molar-refractivity contribution is -0.190. The van der Waals surface area contributed by atoms with Crippen LogP contribution in [-0.2, 0) is 38.1 Å². The maximum atomic E-state index is 13.5. The van der Waals surface area contributed by atoms with Crippen LogP contribution in [-0.4, -0.2) is 103 Å². The molecular weight excluding hydrogens is 706 g/mol. The Bertz CT molecular complexity index is 1490. The molecule has 0 spiro atoms. The quantitative estimate of drug-likeness (QED) is 0.0838. The molecule has 0 radical (unpaired) electrons. The Morgan fingerprint density at radius 1 is 0.982 bits per heavy atom. The topological polar surface area (TPSA) is 170 Å². The maximum absolute atomic E-state index is 13.5. The van der Waals surface area contributed by atoms with E-state index in [1.807, 2.05) is 0 Å². The van der Waals surface area contributed by atoms with Gasteiger partial charge in [-0.3, -0.25) is 19.2 Å². The number of carbonyl (C=O) groups is 5. The number of fused-ring (bicyclic) bond motifs is 1. The summed E-state index contributed by atoms with van der Waals surface area (Å²) in [4.78, 5) is 65.2. The van der Waals surface area contributed by atoms with Gasteiger partial charge in [0.1, 0.15) is 23.9 Å². The predicted octanol–water partition coefficient (Wildman–Crippen LogP) is 5.39. The fourth-order valence-electron chi connectivity index (χ4n) is 6.45. The van der Waals surface area contributed by atoms with Gasteiger partial charge in [-0.2, -0.15) is 0 Å². The van der Waals surface area contributed by atoms with E-state index in [4.69, 9.17) is 18.9 Å². The summed E-state index contributed by atoms with van der Waals surface area (Å²) in [6, 6.07) is 6.06. The Morgan fingerprint density at radius 3 is 2.22 bits per heavy atom. The van der Waals surface area contributed by atoms with Crippen molar-refractivity contribution in [3.63, 3.8) is 0 Å². The molecule has 0 saturated carbocycles. The van der Waals surface area contributed by atoms with Crippen LogP contribution in [0.5, 0.6) is 0 Å². The third-order valence-electron chi connectivity index (χ3n) is 9.40. The molecule has 1 saturated heterocycles. The molecule has 3 rings (SSSR count). The van der Waals surface area contributed by atoms with Gasteiger partial charge in [-0.15, -0.1) is 0 Å². The molecule has 1 aliphatic carbocycles. The summed E-state index contributed by atoms with van der Waals surface area (Å²) in [7, 11) is 3.33. The number of ether oxygens (including phenoxy) is 4. The van der Waals surface area contributed by atoms with Gasteiger partial charge in [-0.25, -0.2) is 4.79 Å². The van der Waals surface area contributed by atoms with Gasteiger partial charge in [0.25, 0.3) is 0 Å². The van der Waals surface area contributed by atoms with Gasteiger partial charge < -0.3 is 39.6 Å². The molecule has 1 aromatic rings. The number of unbranched alkanes of at least 4 members (excludes halogenated alkanes) is 4. The number of aliphatic hydroxyl groups excluding tert-OH is 1. The van der Waals surface area contributed by atoms with Crippen LogP contribution in [0.3, 0.4) is 0 Å². The normalized spacial score (nSPS) is 19.6. The van der Waals surface area contributed by atoms with E-state index in [0.717, 1.165) is 44.1 Å². The zero-order valence-electron chi connectivity index (χ0n) is 33.8. The molecular formula is C42H63N3O10. The average molecular weight is 770 g/mol. The van der Waals surface area contributed by atoms with Crippen LogP contribution in [0.1, 0.15) is 128 Å². The average Bonchev–Trinajstić information content (AvgIpc) is 3.50. The maximum Gasteiger partial charge on any atom is 0.338 e. The second-order valence-corrected chi connectivity index (χ2v) is 15.6. The first kappa shape index (κ1) is 45.3. The van der Waals surface area contributed by atoms with Gasteiger partial charge in [-0.1, -0.05) is 51.7 Å². The van der Waals surface area contributed by atoms with Crippen molar-refractivity contribution in [3.8, 4) is 0 Å². The Kier molecular flexibility index (Phi) is 18.0. The van der Waals surface area contributed by atoms with Crippen molar-refractivity contribution in [2.24, 2.45) is 0 Å². The van der Waals surface area contributed by atoms with Crippen molar-refractivity contribution in [1.29, 1.82) is 0 Å². The fraction of sp³-hybridized carbons (Fsp3) is 0.643. The predicted molar refractivity (Wildman–Crippen MR) is 209 cm³/mol. The lowest BCUT2D eigenvalue weighted by Gasteiger charge is -2.31. The van der Waals surface area contributed by atoms with E-state index in [2.05, 4.69) is 24.5 Å². The van der Waals surface area contributed by atoms with E-state index in [1.165, 1.54) is 11.0 Å². The van der Waals surface area contributed by atoms with E-state index in [1.54, 1.807) is 71.3 Å². The fourth-order valence-corrected chi connectivity index (χ4v) is 6.45. The number of benzene rings is 1. The zero-order valence-corrected chi connectivity index (χ0v) is 33.8. The standard InChI is InChI=1S/C42H63N3O10/c1-8-10-12-23-42(24-13-11-9-2)53-34-27-31(39(50)43-25-22-35(47)44-32(28-46)19-21-37(49)54-41(3,4)5)26-33(38(34)55-42)52-40(51)30-17-14-29(15-18-30)16-20-36(48)45(6)7/h14-18,20,27,32-34,38,46H,8-13,19,21-26,28H2,1-7H3,(H,43,50)(H,44,47). The highest BCUT2D eigenvalue weighted by molar-refractivity contribution is 5.95. The molecule has 3 N–H and O–H groups in total. The summed E-state index contributed by atoms with van der Waals surface area (Å²) in [6.07, 6.45) is 10.4. The number of hydrogen-bond donors (Lipinski definition) is 3. The second kappa shape index (κ2) is 21.9. The van der Waals surface area contributed by atoms with Gasteiger partial charge >= 0.3 is 11.9 Å². The van der Waals surface area contributed by atoms with E-state index in [9.17, 15) is 29.1 Å². The highest BCUT2D eigenvalue weighted by atomic mass is 16.8. The monoisotopic (exact) mass is 769 g/mol. The van der Waals surface area contributed by atoms with Crippen molar-refractivity contribution in [1.82, 2.24) is 15.5 Å². The third kappa shape index (κ3) is 15.2. The van der Waals surface area contributed by atoms with Gasteiger partial charge in [0.2, 0.25) is 17.7 Å². The lowest BCUT2D eigenvalue weighted by atomic mass is 9.91. The molecule has 4 atom stereocenters. The highest BCUT2D eigenvalue weighted by Gasteiger charge is 2.52. The van der Waals surface area contributed by atoms with Crippen LogP contribution in [0.25, 0.3) is 6.08 Å². The number of nitrogens with one attached hydrogen (secondary N) is 2. The number of rotatable bonds is 21. The van der Waals surface area contributed by atoms with Crippen LogP contribution in [0.2, 0.25) is 0 Å². The minimum atomic E-state index is -0.866. The van der Waals surface area contributed by atoms with Crippen LogP contribution in [0, 0.1) is 0 Å². The van der Waals surface area contributed by atoms with Crippen LogP contribution >= 0.6 is 0 Å². The molecule has 1 aliphatic heterocycles. The number of aliphatic hydroxyl groups is 1. The number of carbonyl (C=O) groups excluding carboxylic acids is 5. The number of amides is 3. The van der Waals surface area contributed by atoms with E-state index in [0.29, 0.717) is 24.0 Å². The molecule has 306 valence electrons. The number of nitrogens with zero attached hydrogens (tertiary/aromatic N) is 1. The summed E-state index contributed by atoms with van der Waals surface area (Å²) < 4.78 is 24.8. The smallest absolute Gasteiger partial charge is 0.338 e. The van der Waals surface area contributed by atoms with Crippen molar-refractivity contribution >= 4 is 35.7 Å². The SMILES string of the molecule is CCCCCC1(CCCCC)OC2C=C(C(=O)NCCC(=O)NC(CO)CCC(=O)OC(C)(C)C)CC(OC(=O)c3ccc(C=CC(=O)N(C)C)cc3)C2O1. The highest BCUT2D eigenvalue weighted by Crippen LogP contribution is 2.43. The second-order valence-electron chi connectivity index (χ2n) is 15.6. The molecule has 3 amide bonds. The molecule has 13 heteroatoms. The first-order chi connectivity index (χ1) is 26.1. The van der Waals surface area contributed by atoms with Crippen molar-refractivity contribution in [2.45, 2.75) is 147 Å². The van der Waals surface area contributed by atoms with E-state index in [-0.39, 0.29) is 44.7 Å². The molecule has 1 fully saturated rings. The first-order valence-electron chi connectivity index (χ1n) is 19.8. The van der Waals surface area contributed by atoms with Crippen molar-refractivity contribution in [3.05, 3.63) is 53.1 Å². The summed E-state index contributed by atoms with van der Waals surface area (Å²) >= 11 is 0. The zero-order chi connectivity index (χ0) is 40.6. The van der Waals surface area contributed by atoms with Gasteiger partial charge in [0.15, 0.2) is 5.79 Å². The van der Waals surface area contributed by atoms with E-state index >= 15 is 0 Å². The minimum Gasteiger partial charge on any atom is -0.460 e. The molecule has 13 nitrogen and oxygen atoms in total. The van der Waals surface area contributed by atoms with Crippen LogP contribution < -0.4 is 10.6 Å². The van der Waals surface area contributed by atoms with Crippen molar-refractivity contribution in [2.75, 3.05) is 27.2 Å².